The average Bonchev–Trinajstić information content (AvgIpc) is 3.10. The molecular weight excluding hydrogens is 362 g/mol. The van der Waals surface area contributed by atoms with Crippen LogP contribution in [0.4, 0.5) is 5.69 Å². The first-order valence-corrected chi connectivity index (χ1v) is 8.76. The van der Waals surface area contributed by atoms with E-state index in [1.807, 2.05) is 48.5 Å². The molecule has 0 amide bonds. The van der Waals surface area contributed by atoms with Gasteiger partial charge in [0, 0.05) is 9.92 Å². The number of halogens is 1. The van der Waals surface area contributed by atoms with Gasteiger partial charge in [0.2, 0.25) is 0 Å². The van der Waals surface area contributed by atoms with Crippen LogP contribution in [-0.2, 0) is 6.54 Å². The van der Waals surface area contributed by atoms with Crippen molar-refractivity contribution in [2.45, 2.75) is 16.5 Å². The Balaban J connectivity index is 1.52. The topological polar surface area (TPSA) is 50.1 Å². The van der Waals surface area contributed by atoms with Crippen molar-refractivity contribution in [1.82, 2.24) is 10.3 Å². The molecule has 0 atom stereocenters. The fourth-order valence-corrected chi connectivity index (χ4v) is 2.97. The lowest BCUT2D eigenvalue weighted by molar-refractivity contribution is 0.503. The lowest BCUT2D eigenvalue weighted by Crippen LogP contribution is -2.27. The van der Waals surface area contributed by atoms with E-state index in [-0.39, 0.29) is 0 Å². The van der Waals surface area contributed by atoms with Gasteiger partial charge in [-0.05, 0) is 60.7 Å². The third-order valence-electron chi connectivity index (χ3n) is 3.03. The van der Waals surface area contributed by atoms with Crippen LogP contribution in [0.1, 0.15) is 5.76 Å². The summed E-state index contributed by atoms with van der Waals surface area (Å²) in [5, 5.41) is 8.31. The van der Waals surface area contributed by atoms with Gasteiger partial charge in [-0.15, -0.1) is 0 Å². The minimum atomic E-state index is 0.520. The second-order valence-electron chi connectivity index (χ2n) is 4.83. The molecule has 2 aromatic heterocycles. The van der Waals surface area contributed by atoms with Crippen LogP contribution in [0.3, 0.4) is 0 Å². The van der Waals surface area contributed by atoms with E-state index in [1.165, 1.54) is 0 Å². The van der Waals surface area contributed by atoms with Gasteiger partial charge in [0.1, 0.15) is 10.8 Å². The number of pyridine rings is 1. The SMILES string of the molecule is S=C(NCc1ccco1)Nc1ccc(Sc2ccc(Cl)cc2)nc1. The van der Waals surface area contributed by atoms with E-state index >= 15 is 0 Å². The summed E-state index contributed by atoms with van der Waals surface area (Å²) in [7, 11) is 0. The Bertz CT molecular complexity index is 790. The maximum atomic E-state index is 5.88. The van der Waals surface area contributed by atoms with E-state index in [4.69, 9.17) is 28.2 Å². The van der Waals surface area contributed by atoms with Gasteiger partial charge >= 0.3 is 0 Å². The van der Waals surface area contributed by atoms with Crippen LogP contribution < -0.4 is 10.6 Å². The Morgan fingerprint density at radius 1 is 1.17 bits per heavy atom. The Labute approximate surface area is 154 Å². The van der Waals surface area contributed by atoms with Crippen LogP contribution in [0, 0.1) is 0 Å². The molecule has 0 saturated carbocycles. The molecule has 0 saturated heterocycles. The molecular formula is C17H14ClN3OS2. The van der Waals surface area contributed by atoms with Crippen LogP contribution in [0.15, 0.2) is 75.3 Å². The minimum Gasteiger partial charge on any atom is -0.467 e. The van der Waals surface area contributed by atoms with Gasteiger partial charge in [0.05, 0.1) is 24.7 Å². The van der Waals surface area contributed by atoms with Crippen molar-refractivity contribution in [2.75, 3.05) is 5.32 Å². The standard InChI is InChI=1S/C17H14ClN3OS2/c18-12-3-6-15(7-4-12)24-16-8-5-13(10-19-16)21-17(23)20-11-14-2-1-9-22-14/h1-10H,11H2,(H2,20,21,23). The average molecular weight is 376 g/mol. The normalized spacial score (nSPS) is 10.4. The molecule has 2 N–H and O–H groups in total. The predicted molar refractivity (Wildman–Crippen MR) is 102 cm³/mol. The summed E-state index contributed by atoms with van der Waals surface area (Å²) in [6, 6.07) is 15.3. The summed E-state index contributed by atoms with van der Waals surface area (Å²) >= 11 is 12.7. The summed E-state index contributed by atoms with van der Waals surface area (Å²) < 4.78 is 5.24. The number of thiocarbonyl (C=S) groups is 1. The fourth-order valence-electron chi connectivity index (χ4n) is 1.89. The van der Waals surface area contributed by atoms with Crippen molar-refractivity contribution in [2.24, 2.45) is 0 Å². The van der Waals surface area contributed by atoms with E-state index in [0.717, 1.165) is 26.4 Å². The number of anilines is 1. The highest BCUT2D eigenvalue weighted by molar-refractivity contribution is 7.99. The zero-order valence-electron chi connectivity index (χ0n) is 12.5. The number of nitrogens with one attached hydrogen (secondary N) is 2. The maximum Gasteiger partial charge on any atom is 0.171 e. The largest absolute Gasteiger partial charge is 0.467 e. The monoisotopic (exact) mass is 375 g/mol. The number of benzene rings is 1. The van der Waals surface area contributed by atoms with Crippen molar-refractivity contribution in [3.8, 4) is 0 Å². The second kappa shape index (κ2) is 8.19. The summed E-state index contributed by atoms with van der Waals surface area (Å²) in [5.74, 6) is 0.826. The molecule has 0 spiro atoms. The molecule has 4 nitrogen and oxygen atoms in total. The molecule has 0 radical (unpaired) electrons. The molecule has 0 aliphatic rings. The lowest BCUT2D eigenvalue weighted by atomic mass is 10.4. The van der Waals surface area contributed by atoms with Crippen LogP contribution in [0.2, 0.25) is 5.02 Å². The maximum absolute atomic E-state index is 5.88. The lowest BCUT2D eigenvalue weighted by Gasteiger charge is -2.09. The molecule has 0 bridgehead atoms. The van der Waals surface area contributed by atoms with Crippen molar-refractivity contribution >= 4 is 46.4 Å². The van der Waals surface area contributed by atoms with Crippen LogP contribution in [-0.4, -0.2) is 10.1 Å². The third kappa shape index (κ3) is 4.99. The quantitative estimate of drug-likeness (QED) is 0.614. The number of furan rings is 1. The van der Waals surface area contributed by atoms with Gasteiger partial charge in [-0.2, -0.15) is 0 Å². The van der Waals surface area contributed by atoms with E-state index in [2.05, 4.69) is 15.6 Å². The molecule has 1 aromatic carbocycles. The van der Waals surface area contributed by atoms with E-state index < -0.39 is 0 Å². The molecule has 2 heterocycles. The molecule has 0 unspecified atom stereocenters. The molecule has 3 rings (SSSR count). The van der Waals surface area contributed by atoms with Gasteiger partial charge in [0.15, 0.2) is 5.11 Å². The van der Waals surface area contributed by atoms with Crippen LogP contribution >= 0.6 is 35.6 Å². The molecule has 0 aliphatic carbocycles. The molecule has 0 fully saturated rings. The summed E-state index contributed by atoms with van der Waals surface area (Å²) in [6.45, 7) is 0.538. The molecule has 24 heavy (non-hydrogen) atoms. The van der Waals surface area contributed by atoms with Crippen molar-refractivity contribution in [1.29, 1.82) is 0 Å². The van der Waals surface area contributed by atoms with Crippen molar-refractivity contribution in [3.63, 3.8) is 0 Å². The smallest absolute Gasteiger partial charge is 0.171 e. The van der Waals surface area contributed by atoms with Crippen LogP contribution in [0.5, 0.6) is 0 Å². The first kappa shape index (κ1) is 16.8. The number of nitrogens with zero attached hydrogens (tertiary/aromatic N) is 1. The highest BCUT2D eigenvalue weighted by Crippen LogP contribution is 2.27. The highest BCUT2D eigenvalue weighted by Gasteiger charge is 2.02. The first-order chi connectivity index (χ1) is 11.7. The summed E-state index contributed by atoms with van der Waals surface area (Å²) in [4.78, 5) is 5.51. The molecule has 7 heteroatoms. The Morgan fingerprint density at radius 2 is 2.00 bits per heavy atom. The fraction of sp³-hybridized carbons (Fsp3) is 0.0588. The van der Waals surface area contributed by atoms with Gasteiger partial charge in [-0.25, -0.2) is 4.98 Å². The molecule has 3 aromatic rings. The Hall–Kier alpha value is -2.02. The zero-order valence-corrected chi connectivity index (χ0v) is 14.9. The van der Waals surface area contributed by atoms with E-state index in [1.54, 1.807) is 24.2 Å². The van der Waals surface area contributed by atoms with Gasteiger partial charge in [-0.1, -0.05) is 23.4 Å². The number of hydrogen-bond acceptors (Lipinski definition) is 4. The minimum absolute atomic E-state index is 0.520. The summed E-state index contributed by atoms with van der Waals surface area (Å²) in [5.41, 5.74) is 0.826. The third-order valence-corrected chi connectivity index (χ3v) is 4.49. The number of aromatic nitrogens is 1. The van der Waals surface area contributed by atoms with Crippen LogP contribution in [0.25, 0.3) is 0 Å². The highest BCUT2D eigenvalue weighted by atomic mass is 35.5. The number of rotatable bonds is 5. The van der Waals surface area contributed by atoms with Gasteiger partial charge in [0.25, 0.3) is 0 Å². The second-order valence-corrected chi connectivity index (χ2v) is 6.77. The van der Waals surface area contributed by atoms with E-state index in [9.17, 15) is 0 Å². The predicted octanol–water partition coefficient (Wildman–Crippen LogP) is 4.97. The summed E-state index contributed by atoms with van der Waals surface area (Å²) in [6.07, 6.45) is 3.38. The Kier molecular flexibility index (Phi) is 5.74. The Morgan fingerprint density at radius 3 is 2.67 bits per heavy atom. The number of hydrogen-bond donors (Lipinski definition) is 2. The van der Waals surface area contributed by atoms with Gasteiger partial charge < -0.3 is 15.1 Å². The van der Waals surface area contributed by atoms with Crippen molar-refractivity contribution < 1.29 is 4.42 Å². The first-order valence-electron chi connectivity index (χ1n) is 7.16. The molecule has 122 valence electrons. The molecule has 0 aliphatic heterocycles. The van der Waals surface area contributed by atoms with Crippen molar-refractivity contribution in [3.05, 3.63) is 71.8 Å². The van der Waals surface area contributed by atoms with E-state index in [0.29, 0.717) is 11.7 Å². The van der Waals surface area contributed by atoms with Gasteiger partial charge in [-0.3, -0.25) is 0 Å². The zero-order chi connectivity index (χ0) is 16.8.